The quantitative estimate of drug-likeness (QED) is 0.389. The Balaban J connectivity index is 3.79. The van der Waals surface area contributed by atoms with Crippen LogP contribution in [0.5, 0.6) is 0 Å². The summed E-state index contributed by atoms with van der Waals surface area (Å²) < 4.78 is 0. The van der Waals surface area contributed by atoms with E-state index in [2.05, 4.69) is 0 Å². The van der Waals surface area contributed by atoms with Crippen LogP contribution in [-0.2, 0) is 0 Å². The Bertz CT molecular complexity index is 77.4. The molecule has 0 unspecified atom stereocenters. The molecule has 0 aliphatic heterocycles. The Labute approximate surface area is 68.3 Å². The van der Waals surface area contributed by atoms with E-state index in [-0.39, 0.29) is 5.54 Å². The van der Waals surface area contributed by atoms with Crippen LogP contribution in [-0.4, -0.2) is 25.2 Å². The second-order valence-corrected chi connectivity index (χ2v) is 2.98. The summed E-state index contributed by atoms with van der Waals surface area (Å²) in [6, 6.07) is 0. The second kappa shape index (κ2) is 5.49. The molecule has 0 aromatic carbocycles. The van der Waals surface area contributed by atoms with Crippen molar-refractivity contribution in [2.24, 2.45) is 22.9 Å². The van der Waals surface area contributed by atoms with Crippen LogP contribution >= 0.6 is 0 Å². The normalized spacial score (nSPS) is 12.0. The molecule has 0 radical (unpaired) electrons. The van der Waals surface area contributed by atoms with Crippen molar-refractivity contribution >= 4 is 0 Å². The summed E-state index contributed by atoms with van der Waals surface area (Å²) in [7, 11) is 0. The first kappa shape index (κ1) is 10.8. The van der Waals surface area contributed by atoms with E-state index in [9.17, 15) is 0 Å². The van der Waals surface area contributed by atoms with Gasteiger partial charge in [-0.25, -0.2) is 0 Å². The molecular weight excluding hydrogens is 140 g/mol. The lowest BCUT2D eigenvalue weighted by atomic mass is 9.89. The molecule has 0 spiro atoms. The number of nitrogens with two attached hydrogens (primary N) is 4. The smallest absolute Gasteiger partial charge is 0.0190 e. The fraction of sp³-hybridized carbons (Fsp3) is 1.00. The third-order valence-electron chi connectivity index (χ3n) is 1.93. The Morgan fingerprint density at radius 1 is 0.727 bits per heavy atom. The molecule has 4 heteroatoms. The zero-order valence-corrected chi connectivity index (χ0v) is 7.05. The van der Waals surface area contributed by atoms with Crippen molar-refractivity contribution in [2.45, 2.75) is 24.8 Å². The van der Waals surface area contributed by atoms with E-state index in [4.69, 9.17) is 22.9 Å². The van der Waals surface area contributed by atoms with Crippen molar-refractivity contribution in [1.29, 1.82) is 0 Å². The van der Waals surface area contributed by atoms with Crippen molar-refractivity contribution < 1.29 is 0 Å². The molecule has 0 aliphatic carbocycles. The van der Waals surface area contributed by atoms with Gasteiger partial charge in [0, 0.05) is 5.54 Å². The van der Waals surface area contributed by atoms with E-state index >= 15 is 0 Å². The van der Waals surface area contributed by atoms with Crippen LogP contribution in [0.3, 0.4) is 0 Å². The minimum absolute atomic E-state index is 0.224. The highest BCUT2D eigenvalue weighted by Gasteiger charge is 2.21. The van der Waals surface area contributed by atoms with E-state index in [1.807, 2.05) is 0 Å². The van der Waals surface area contributed by atoms with E-state index in [0.717, 1.165) is 19.3 Å². The van der Waals surface area contributed by atoms with E-state index in [1.165, 1.54) is 0 Å². The molecule has 0 heterocycles. The second-order valence-electron chi connectivity index (χ2n) is 2.98. The molecule has 0 atom stereocenters. The van der Waals surface area contributed by atoms with Crippen molar-refractivity contribution in [2.75, 3.05) is 19.6 Å². The molecular formula is C7H20N4. The molecule has 8 N–H and O–H groups in total. The lowest BCUT2D eigenvalue weighted by Gasteiger charge is -2.27. The number of hydrogen-bond acceptors (Lipinski definition) is 4. The Morgan fingerprint density at radius 2 is 1.00 bits per heavy atom. The average molecular weight is 160 g/mol. The maximum atomic E-state index is 5.99. The van der Waals surface area contributed by atoms with Gasteiger partial charge in [0.2, 0.25) is 0 Å². The maximum Gasteiger partial charge on any atom is 0.0190 e. The van der Waals surface area contributed by atoms with Gasteiger partial charge >= 0.3 is 0 Å². The lowest BCUT2D eigenvalue weighted by molar-refractivity contribution is 0.354. The van der Waals surface area contributed by atoms with Gasteiger partial charge in [0.1, 0.15) is 0 Å². The first-order chi connectivity index (χ1) is 5.18. The number of hydrogen-bond donors (Lipinski definition) is 4. The average Bonchev–Trinajstić information content (AvgIpc) is 1.88. The molecule has 0 rings (SSSR count). The van der Waals surface area contributed by atoms with Gasteiger partial charge < -0.3 is 22.9 Å². The standard InChI is InChI=1S/C7H20N4/c8-4-1-7(11,2-5-9)3-6-10/h1-6,8-11H2. The van der Waals surface area contributed by atoms with Crippen molar-refractivity contribution in [3.8, 4) is 0 Å². The van der Waals surface area contributed by atoms with Crippen LogP contribution in [0.4, 0.5) is 0 Å². The Morgan fingerprint density at radius 3 is 1.18 bits per heavy atom. The fourth-order valence-corrected chi connectivity index (χ4v) is 1.24. The SMILES string of the molecule is NCCC(N)(CCN)CCN. The molecule has 0 fully saturated rings. The predicted molar refractivity (Wildman–Crippen MR) is 47.9 cm³/mol. The van der Waals surface area contributed by atoms with E-state index in [1.54, 1.807) is 0 Å². The fourth-order valence-electron chi connectivity index (χ4n) is 1.24. The summed E-state index contributed by atoms with van der Waals surface area (Å²) in [5.74, 6) is 0. The van der Waals surface area contributed by atoms with E-state index < -0.39 is 0 Å². The molecule has 0 amide bonds. The van der Waals surface area contributed by atoms with Crippen molar-refractivity contribution in [3.63, 3.8) is 0 Å². The monoisotopic (exact) mass is 160 g/mol. The third kappa shape index (κ3) is 4.31. The largest absolute Gasteiger partial charge is 0.330 e. The Kier molecular flexibility index (Phi) is 5.41. The van der Waals surface area contributed by atoms with Crippen LogP contribution < -0.4 is 22.9 Å². The van der Waals surface area contributed by atoms with Gasteiger partial charge in [-0.05, 0) is 38.9 Å². The predicted octanol–water partition coefficient (Wildman–Crippen LogP) is -1.27. The summed E-state index contributed by atoms with van der Waals surface area (Å²) >= 11 is 0. The first-order valence-electron chi connectivity index (χ1n) is 4.07. The lowest BCUT2D eigenvalue weighted by Crippen LogP contribution is -2.45. The van der Waals surface area contributed by atoms with Crippen LogP contribution in [0.2, 0.25) is 0 Å². The zero-order chi connectivity index (χ0) is 8.74. The van der Waals surface area contributed by atoms with Crippen LogP contribution in [0.25, 0.3) is 0 Å². The molecule has 68 valence electrons. The van der Waals surface area contributed by atoms with Gasteiger partial charge in [0.25, 0.3) is 0 Å². The Hall–Kier alpha value is -0.160. The van der Waals surface area contributed by atoms with Crippen LogP contribution in [0.15, 0.2) is 0 Å². The highest BCUT2D eigenvalue weighted by Crippen LogP contribution is 2.13. The van der Waals surface area contributed by atoms with Gasteiger partial charge in [0.15, 0.2) is 0 Å². The minimum Gasteiger partial charge on any atom is -0.330 e. The molecule has 0 aromatic heterocycles. The summed E-state index contributed by atoms with van der Waals surface area (Å²) in [5.41, 5.74) is 22.0. The van der Waals surface area contributed by atoms with Crippen LogP contribution in [0.1, 0.15) is 19.3 Å². The third-order valence-corrected chi connectivity index (χ3v) is 1.93. The van der Waals surface area contributed by atoms with Gasteiger partial charge in [-0.2, -0.15) is 0 Å². The van der Waals surface area contributed by atoms with Gasteiger partial charge in [-0.15, -0.1) is 0 Å². The van der Waals surface area contributed by atoms with Crippen molar-refractivity contribution in [1.82, 2.24) is 0 Å². The number of rotatable bonds is 6. The molecule has 0 aromatic rings. The molecule has 0 aliphatic rings. The molecule has 4 nitrogen and oxygen atoms in total. The summed E-state index contributed by atoms with van der Waals surface area (Å²) in [4.78, 5) is 0. The molecule has 0 saturated carbocycles. The molecule has 0 bridgehead atoms. The first-order valence-corrected chi connectivity index (χ1v) is 4.07. The van der Waals surface area contributed by atoms with Gasteiger partial charge in [0.05, 0.1) is 0 Å². The summed E-state index contributed by atoms with van der Waals surface area (Å²) in [6.07, 6.45) is 2.42. The highest BCUT2D eigenvalue weighted by molar-refractivity contribution is 4.84. The van der Waals surface area contributed by atoms with Gasteiger partial charge in [-0.1, -0.05) is 0 Å². The minimum atomic E-state index is -0.224. The molecule has 11 heavy (non-hydrogen) atoms. The highest BCUT2D eigenvalue weighted by atomic mass is 14.8. The van der Waals surface area contributed by atoms with Crippen LogP contribution in [0, 0.1) is 0 Å². The van der Waals surface area contributed by atoms with Gasteiger partial charge in [-0.3, -0.25) is 0 Å². The zero-order valence-electron chi connectivity index (χ0n) is 7.05. The summed E-state index contributed by atoms with van der Waals surface area (Å²) in [5, 5.41) is 0. The molecule has 0 saturated heterocycles. The maximum absolute atomic E-state index is 5.99. The topological polar surface area (TPSA) is 104 Å². The van der Waals surface area contributed by atoms with Crippen molar-refractivity contribution in [3.05, 3.63) is 0 Å². The van der Waals surface area contributed by atoms with E-state index in [0.29, 0.717) is 19.6 Å². The summed E-state index contributed by atoms with van der Waals surface area (Å²) in [6.45, 7) is 1.82.